The molecule has 23 heavy (non-hydrogen) atoms. The molecule has 2 aliphatic heterocycles. The molecule has 0 bridgehead atoms. The molecule has 0 N–H and O–H groups in total. The molecule has 1 saturated heterocycles. The van der Waals surface area contributed by atoms with E-state index in [1.165, 1.54) is 6.26 Å². The van der Waals surface area contributed by atoms with Gasteiger partial charge in [-0.1, -0.05) is 5.16 Å². The van der Waals surface area contributed by atoms with Crippen molar-refractivity contribution >= 4 is 15.7 Å². The molecule has 0 unspecified atom stereocenters. The van der Waals surface area contributed by atoms with Crippen LogP contribution in [0.25, 0.3) is 0 Å². The minimum atomic E-state index is -3.47. The predicted molar refractivity (Wildman–Crippen MR) is 84.1 cm³/mol. The molecule has 0 aliphatic carbocycles. The third-order valence-corrected chi connectivity index (χ3v) is 6.23. The SMILES string of the molecule is O=S(=O)(Cc1ccon1)N1Cc2ncccc2N2CCC[C@H]2C1. The van der Waals surface area contributed by atoms with Gasteiger partial charge in [0.05, 0.1) is 23.6 Å². The number of hydrogen-bond donors (Lipinski definition) is 0. The Morgan fingerprint density at radius 3 is 3.09 bits per heavy atom. The maximum atomic E-state index is 12.8. The molecule has 1 atom stereocenters. The summed E-state index contributed by atoms with van der Waals surface area (Å²) in [7, 11) is -3.47. The minimum Gasteiger partial charge on any atom is -0.366 e. The van der Waals surface area contributed by atoms with Crippen LogP contribution >= 0.6 is 0 Å². The number of hydrogen-bond acceptors (Lipinski definition) is 6. The topological polar surface area (TPSA) is 79.5 Å². The van der Waals surface area contributed by atoms with Crippen LogP contribution in [0.5, 0.6) is 0 Å². The van der Waals surface area contributed by atoms with Crippen molar-refractivity contribution in [1.29, 1.82) is 0 Å². The van der Waals surface area contributed by atoms with E-state index >= 15 is 0 Å². The van der Waals surface area contributed by atoms with E-state index in [-0.39, 0.29) is 11.8 Å². The minimum absolute atomic E-state index is 0.140. The Morgan fingerprint density at radius 2 is 2.26 bits per heavy atom. The van der Waals surface area contributed by atoms with Crippen molar-refractivity contribution in [2.24, 2.45) is 0 Å². The highest BCUT2D eigenvalue weighted by Gasteiger charge is 2.36. The van der Waals surface area contributed by atoms with E-state index < -0.39 is 10.0 Å². The molecule has 0 saturated carbocycles. The highest BCUT2D eigenvalue weighted by atomic mass is 32.2. The summed E-state index contributed by atoms with van der Waals surface area (Å²) in [6, 6.07) is 5.75. The molecule has 122 valence electrons. The van der Waals surface area contributed by atoms with Crippen molar-refractivity contribution in [2.45, 2.75) is 31.2 Å². The average molecular weight is 334 g/mol. The Labute approximate surface area is 134 Å². The van der Waals surface area contributed by atoms with Gasteiger partial charge in [-0.3, -0.25) is 4.98 Å². The highest BCUT2D eigenvalue weighted by molar-refractivity contribution is 7.88. The first-order chi connectivity index (χ1) is 11.1. The molecule has 0 spiro atoms. The summed E-state index contributed by atoms with van der Waals surface area (Å²) in [5, 5.41) is 3.72. The summed E-state index contributed by atoms with van der Waals surface area (Å²) < 4.78 is 31.9. The van der Waals surface area contributed by atoms with E-state index in [4.69, 9.17) is 4.52 Å². The van der Waals surface area contributed by atoms with Crippen LogP contribution in [0, 0.1) is 0 Å². The summed E-state index contributed by atoms with van der Waals surface area (Å²) in [6.07, 6.45) is 5.20. The number of nitrogens with zero attached hydrogens (tertiary/aromatic N) is 4. The van der Waals surface area contributed by atoms with Crippen molar-refractivity contribution in [3.63, 3.8) is 0 Å². The molecule has 0 amide bonds. The van der Waals surface area contributed by atoms with Crippen LogP contribution in [0.1, 0.15) is 24.2 Å². The number of aromatic nitrogens is 2. The van der Waals surface area contributed by atoms with Crippen LogP contribution in [-0.4, -0.2) is 42.0 Å². The summed E-state index contributed by atoms with van der Waals surface area (Å²) in [6.45, 7) is 1.76. The van der Waals surface area contributed by atoms with Gasteiger partial charge in [0.2, 0.25) is 10.0 Å². The number of pyridine rings is 1. The molecule has 0 aromatic carbocycles. The largest absolute Gasteiger partial charge is 0.366 e. The van der Waals surface area contributed by atoms with E-state index in [9.17, 15) is 8.42 Å². The normalized spacial score (nSPS) is 21.7. The lowest BCUT2D eigenvalue weighted by Gasteiger charge is -2.27. The van der Waals surface area contributed by atoms with Crippen LogP contribution in [0.3, 0.4) is 0 Å². The molecule has 2 aromatic rings. The fourth-order valence-electron chi connectivity index (χ4n) is 3.42. The van der Waals surface area contributed by atoms with Crippen molar-refractivity contribution in [3.05, 3.63) is 42.0 Å². The maximum absolute atomic E-state index is 12.8. The molecule has 7 nitrogen and oxygen atoms in total. The zero-order valence-corrected chi connectivity index (χ0v) is 13.4. The standard InChI is InChI=1S/C15H18N4O3S/c20-23(21,11-12-5-8-22-17-12)18-9-13-3-2-7-19(13)15-4-1-6-16-14(15)10-18/h1,4-6,8,13H,2-3,7,9-11H2/t13-/m0/s1. The number of sulfonamides is 1. The second kappa shape index (κ2) is 5.61. The van der Waals surface area contributed by atoms with E-state index in [1.807, 2.05) is 12.1 Å². The van der Waals surface area contributed by atoms with Crippen LogP contribution < -0.4 is 4.90 Å². The van der Waals surface area contributed by atoms with Gasteiger partial charge in [0.25, 0.3) is 0 Å². The molecule has 2 aliphatic rings. The molecular weight excluding hydrogens is 316 g/mol. The van der Waals surface area contributed by atoms with Gasteiger partial charge in [-0.25, -0.2) is 8.42 Å². The Balaban J connectivity index is 1.67. The Bertz CT molecular complexity index is 791. The van der Waals surface area contributed by atoms with Gasteiger partial charge < -0.3 is 9.42 Å². The van der Waals surface area contributed by atoms with Crippen LogP contribution in [0.15, 0.2) is 35.2 Å². The van der Waals surface area contributed by atoms with Crippen LogP contribution in [0.4, 0.5) is 5.69 Å². The van der Waals surface area contributed by atoms with E-state index in [1.54, 1.807) is 16.6 Å². The highest BCUT2D eigenvalue weighted by Crippen LogP contribution is 2.33. The van der Waals surface area contributed by atoms with E-state index in [0.717, 1.165) is 30.8 Å². The molecule has 4 rings (SSSR count). The smallest absolute Gasteiger partial charge is 0.220 e. The van der Waals surface area contributed by atoms with E-state index in [2.05, 4.69) is 15.0 Å². The van der Waals surface area contributed by atoms with Crippen LogP contribution in [0.2, 0.25) is 0 Å². The summed E-state index contributed by atoms with van der Waals surface area (Å²) in [5.74, 6) is -0.140. The fourth-order valence-corrected chi connectivity index (χ4v) is 4.85. The summed E-state index contributed by atoms with van der Waals surface area (Å²) in [4.78, 5) is 6.72. The van der Waals surface area contributed by atoms with Gasteiger partial charge in [-0.05, 0) is 25.0 Å². The zero-order valence-electron chi connectivity index (χ0n) is 12.6. The first kappa shape index (κ1) is 14.6. The first-order valence-corrected chi connectivity index (χ1v) is 9.32. The first-order valence-electron chi connectivity index (χ1n) is 7.71. The number of rotatable bonds is 3. The number of anilines is 1. The van der Waals surface area contributed by atoms with E-state index in [0.29, 0.717) is 18.8 Å². The quantitative estimate of drug-likeness (QED) is 0.844. The monoisotopic (exact) mass is 334 g/mol. The summed E-state index contributed by atoms with van der Waals surface area (Å²) in [5.41, 5.74) is 2.31. The lowest BCUT2D eigenvalue weighted by molar-refractivity contribution is 0.381. The molecule has 4 heterocycles. The number of fused-ring (bicyclic) bond motifs is 3. The van der Waals surface area contributed by atoms with Gasteiger partial charge in [-0.2, -0.15) is 4.31 Å². The third-order valence-electron chi connectivity index (χ3n) is 4.51. The molecular formula is C15H18N4O3S. The molecule has 1 fully saturated rings. The Morgan fingerprint density at radius 1 is 1.35 bits per heavy atom. The van der Waals surface area contributed by atoms with Crippen molar-refractivity contribution < 1.29 is 12.9 Å². The van der Waals surface area contributed by atoms with Crippen molar-refractivity contribution in [3.8, 4) is 0 Å². The molecule has 0 radical (unpaired) electrons. The third kappa shape index (κ3) is 2.72. The summed E-state index contributed by atoms with van der Waals surface area (Å²) >= 11 is 0. The fraction of sp³-hybridized carbons (Fsp3) is 0.467. The van der Waals surface area contributed by atoms with Crippen molar-refractivity contribution in [1.82, 2.24) is 14.4 Å². The lowest BCUT2D eigenvalue weighted by Crippen LogP contribution is -2.40. The molecule has 8 heteroatoms. The van der Waals surface area contributed by atoms with Gasteiger partial charge in [0.15, 0.2) is 0 Å². The second-order valence-electron chi connectivity index (χ2n) is 6.00. The van der Waals surface area contributed by atoms with Crippen molar-refractivity contribution in [2.75, 3.05) is 18.0 Å². The average Bonchev–Trinajstić information content (AvgIpc) is 3.16. The lowest BCUT2D eigenvalue weighted by atomic mass is 10.2. The van der Waals surface area contributed by atoms with Gasteiger partial charge in [-0.15, -0.1) is 0 Å². The Kier molecular flexibility index (Phi) is 3.57. The van der Waals surface area contributed by atoms with Crippen LogP contribution in [-0.2, 0) is 22.3 Å². The van der Waals surface area contributed by atoms with Gasteiger partial charge >= 0.3 is 0 Å². The predicted octanol–water partition coefficient (Wildman–Crippen LogP) is 1.38. The Hall–Kier alpha value is -1.93. The maximum Gasteiger partial charge on any atom is 0.220 e. The van der Waals surface area contributed by atoms with Gasteiger partial charge in [0, 0.05) is 31.4 Å². The van der Waals surface area contributed by atoms with Gasteiger partial charge in [0.1, 0.15) is 12.0 Å². The molecule has 2 aromatic heterocycles. The second-order valence-corrected chi connectivity index (χ2v) is 7.97. The zero-order chi connectivity index (χ0) is 15.9.